The maximum absolute atomic E-state index is 11.1. The Kier molecular flexibility index (Phi) is 6.91. The summed E-state index contributed by atoms with van der Waals surface area (Å²) in [5, 5.41) is 9.91. The van der Waals surface area contributed by atoms with Crippen molar-refractivity contribution in [2.75, 3.05) is 31.1 Å². The van der Waals surface area contributed by atoms with Crippen LogP contribution in [-0.4, -0.2) is 46.7 Å². The highest BCUT2D eigenvalue weighted by molar-refractivity contribution is 6.33. The molecule has 3 rings (SSSR count). The van der Waals surface area contributed by atoms with Gasteiger partial charge in [0.25, 0.3) is 0 Å². The normalized spacial score (nSPS) is 14.8. The van der Waals surface area contributed by atoms with E-state index in [1.165, 1.54) is 0 Å². The molecule has 0 unspecified atom stereocenters. The minimum atomic E-state index is -0.887. The fourth-order valence-corrected chi connectivity index (χ4v) is 3.30. The molecule has 2 aromatic rings. The lowest BCUT2D eigenvalue weighted by Crippen LogP contribution is -2.46. The van der Waals surface area contributed by atoms with Gasteiger partial charge in [0.05, 0.1) is 10.7 Å². The van der Waals surface area contributed by atoms with Gasteiger partial charge in [-0.15, -0.1) is 0 Å². The summed E-state index contributed by atoms with van der Waals surface area (Å²) >= 11 is 6.26. The number of aromatic nitrogens is 1. The van der Waals surface area contributed by atoms with Crippen LogP contribution < -0.4 is 4.90 Å². The predicted octanol–water partition coefficient (Wildman–Crippen LogP) is 3.73. The summed E-state index contributed by atoms with van der Waals surface area (Å²) in [4.78, 5) is 15.7. The first kappa shape index (κ1) is 19.3. The zero-order valence-electron chi connectivity index (χ0n) is 15.1. The second kappa shape index (κ2) is 8.92. The molecule has 1 aliphatic rings. The van der Waals surface area contributed by atoms with E-state index >= 15 is 0 Å². The van der Waals surface area contributed by atoms with Crippen LogP contribution in [0.25, 0.3) is 0 Å². The second-order valence-corrected chi connectivity index (χ2v) is 6.27. The van der Waals surface area contributed by atoms with E-state index in [1.54, 1.807) is 17.7 Å². The highest BCUT2D eigenvalue weighted by Crippen LogP contribution is 2.26. The number of aromatic carboxylic acids is 1. The predicted molar refractivity (Wildman–Crippen MR) is 103 cm³/mol. The van der Waals surface area contributed by atoms with Crippen molar-refractivity contribution in [3.05, 3.63) is 52.8 Å². The van der Waals surface area contributed by atoms with Gasteiger partial charge in [0.2, 0.25) is 0 Å². The first-order valence-corrected chi connectivity index (χ1v) is 9.03. The van der Waals surface area contributed by atoms with Gasteiger partial charge in [-0.1, -0.05) is 37.6 Å². The summed E-state index contributed by atoms with van der Waals surface area (Å²) in [5.41, 5.74) is 2.45. The molecule has 2 heterocycles. The molecule has 0 atom stereocenters. The number of hydrogen-bond acceptors (Lipinski definition) is 3. The summed E-state index contributed by atoms with van der Waals surface area (Å²) < 4.78 is 1.66. The number of carboxylic acid groups (broad SMARTS) is 1. The van der Waals surface area contributed by atoms with Gasteiger partial charge in [0.1, 0.15) is 5.69 Å². The first-order chi connectivity index (χ1) is 12.0. The molecule has 1 aliphatic heterocycles. The third-order valence-corrected chi connectivity index (χ3v) is 4.57. The molecule has 5 nitrogen and oxygen atoms in total. The number of piperazine rings is 1. The number of halogens is 1. The Morgan fingerprint density at radius 1 is 1.16 bits per heavy atom. The number of hydrogen-bond donors (Lipinski definition) is 1. The van der Waals surface area contributed by atoms with Crippen molar-refractivity contribution in [3.8, 4) is 0 Å². The number of benzene rings is 1. The Morgan fingerprint density at radius 2 is 1.80 bits per heavy atom. The molecule has 1 aromatic carbocycles. The molecule has 25 heavy (non-hydrogen) atoms. The van der Waals surface area contributed by atoms with Crippen molar-refractivity contribution in [1.82, 2.24) is 9.47 Å². The van der Waals surface area contributed by atoms with Crippen LogP contribution in [0.15, 0.2) is 36.5 Å². The van der Waals surface area contributed by atoms with Crippen molar-refractivity contribution >= 4 is 23.3 Å². The van der Waals surface area contributed by atoms with Gasteiger partial charge in [-0.2, -0.15) is 0 Å². The van der Waals surface area contributed by atoms with Crippen molar-refractivity contribution in [1.29, 1.82) is 0 Å². The zero-order valence-corrected chi connectivity index (χ0v) is 15.8. The molecular formula is C19H26ClN3O2. The molecule has 1 saturated heterocycles. The summed E-state index contributed by atoms with van der Waals surface area (Å²) in [6.45, 7) is 8.48. The lowest BCUT2D eigenvalue weighted by molar-refractivity contribution is 0.0686. The Morgan fingerprint density at radius 3 is 2.36 bits per heavy atom. The smallest absolute Gasteiger partial charge is 0.352 e. The summed E-state index contributed by atoms with van der Waals surface area (Å²) in [5.74, 6) is -0.887. The fourth-order valence-electron chi connectivity index (χ4n) is 3.05. The van der Waals surface area contributed by atoms with Gasteiger partial charge < -0.3 is 14.6 Å². The third kappa shape index (κ3) is 4.77. The van der Waals surface area contributed by atoms with Gasteiger partial charge in [-0.05, 0) is 23.8 Å². The highest BCUT2D eigenvalue weighted by atomic mass is 35.5. The van der Waals surface area contributed by atoms with Crippen molar-refractivity contribution in [3.63, 3.8) is 0 Å². The average molecular weight is 364 g/mol. The van der Waals surface area contributed by atoms with Crippen molar-refractivity contribution in [2.45, 2.75) is 20.4 Å². The first-order valence-electron chi connectivity index (χ1n) is 8.65. The monoisotopic (exact) mass is 363 g/mol. The zero-order chi connectivity index (χ0) is 18.4. The van der Waals surface area contributed by atoms with E-state index in [1.807, 2.05) is 44.3 Å². The third-order valence-electron chi connectivity index (χ3n) is 4.25. The molecule has 0 aliphatic carbocycles. The summed E-state index contributed by atoms with van der Waals surface area (Å²) in [6.07, 6.45) is 1.89. The van der Waals surface area contributed by atoms with Crippen molar-refractivity contribution < 1.29 is 9.90 Å². The molecule has 0 spiro atoms. The maximum Gasteiger partial charge on any atom is 0.352 e. The molecule has 0 saturated carbocycles. The largest absolute Gasteiger partial charge is 0.477 e. The van der Waals surface area contributed by atoms with Crippen LogP contribution in [0.4, 0.5) is 5.69 Å². The van der Waals surface area contributed by atoms with Gasteiger partial charge in [0.15, 0.2) is 0 Å². The van der Waals surface area contributed by atoms with E-state index in [0.29, 0.717) is 5.69 Å². The lowest BCUT2D eigenvalue weighted by atomic mass is 10.2. The number of anilines is 1. The molecule has 136 valence electrons. The summed E-state index contributed by atoms with van der Waals surface area (Å²) in [7, 11) is 1.77. The topological polar surface area (TPSA) is 48.7 Å². The average Bonchev–Trinajstić information content (AvgIpc) is 2.98. The van der Waals surface area contributed by atoms with Crippen LogP contribution in [0, 0.1) is 0 Å². The molecule has 0 amide bonds. The number of carboxylic acids is 1. The molecule has 1 aromatic heterocycles. The minimum Gasteiger partial charge on any atom is -0.477 e. The van der Waals surface area contributed by atoms with Crippen LogP contribution in [-0.2, 0) is 13.6 Å². The second-order valence-electron chi connectivity index (χ2n) is 5.86. The van der Waals surface area contributed by atoms with Gasteiger partial charge in [0, 0.05) is 46.0 Å². The number of carbonyl (C=O) groups is 1. The maximum atomic E-state index is 11.1. The van der Waals surface area contributed by atoms with Crippen LogP contribution in [0.2, 0.25) is 5.02 Å². The van der Waals surface area contributed by atoms with E-state index < -0.39 is 5.97 Å². The Hall–Kier alpha value is -1.98. The van der Waals surface area contributed by atoms with Crippen LogP contribution in [0.3, 0.4) is 0 Å². The fraction of sp³-hybridized carbons (Fsp3) is 0.421. The number of aryl methyl sites for hydroxylation is 1. The van der Waals surface area contributed by atoms with Gasteiger partial charge >= 0.3 is 5.97 Å². The van der Waals surface area contributed by atoms with E-state index in [-0.39, 0.29) is 0 Å². The molecule has 1 fully saturated rings. The minimum absolute atomic E-state index is 0.328. The summed E-state index contributed by atoms with van der Waals surface area (Å²) in [6, 6.07) is 9.67. The van der Waals surface area contributed by atoms with Crippen LogP contribution in [0.5, 0.6) is 0 Å². The molecule has 0 bridgehead atoms. The molecule has 0 radical (unpaired) electrons. The number of rotatable bonds is 4. The Balaban J connectivity index is 0.00000109. The Labute approximate surface area is 154 Å². The lowest BCUT2D eigenvalue weighted by Gasteiger charge is -2.36. The van der Waals surface area contributed by atoms with E-state index in [4.69, 9.17) is 16.7 Å². The number of para-hydroxylation sites is 1. The quantitative estimate of drug-likeness (QED) is 0.899. The molecule has 6 heteroatoms. The van der Waals surface area contributed by atoms with E-state index in [9.17, 15) is 4.79 Å². The SMILES string of the molecule is CC.Cn1cc(CN2CCN(c3ccccc3Cl)CC2)cc1C(=O)O. The van der Waals surface area contributed by atoms with E-state index in [2.05, 4.69) is 9.80 Å². The van der Waals surface area contributed by atoms with Crippen LogP contribution >= 0.6 is 11.6 Å². The van der Waals surface area contributed by atoms with Gasteiger partial charge in [-0.3, -0.25) is 4.90 Å². The molecular weight excluding hydrogens is 338 g/mol. The van der Waals surface area contributed by atoms with Gasteiger partial charge in [-0.25, -0.2) is 4.79 Å². The van der Waals surface area contributed by atoms with Crippen LogP contribution in [0.1, 0.15) is 29.9 Å². The van der Waals surface area contributed by atoms with E-state index in [0.717, 1.165) is 49.0 Å². The number of nitrogens with zero attached hydrogens (tertiary/aromatic N) is 3. The molecule has 1 N–H and O–H groups in total. The Bertz CT molecular complexity index is 706. The highest BCUT2D eigenvalue weighted by Gasteiger charge is 2.20. The standard InChI is InChI=1S/C17H20ClN3O2.C2H6/c1-19-11-13(10-16(19)17(22)23)12-20-6-8-21(9-7-20)15-5-3-2-4-14(15)18;1-2/h2-5,10-11H,6-9,12H2,1H3,(H,22,23);1-2H3. The van der Waals surface area contributed by atoms with Crippen molar-refractivity contribution in [2.24, 2.45) is 7.05 Å².